The van der Waals surface area contributed by atoms with Crippen LogP contribution < -0.4 is 16.4 Å². The summed E-state index contributed by atoms with van der Waals surface area (Å²) in [5.74, 6) is -3.79. The van der Waals surface area contributed by atoms with Crippen LogP contribution in [0.15, 0.2) is 30.3 Å². The summed E-state index contributed by atoms with van der Waals surface area (Å²) in [6.07, 6.45) is -0.500. The smallest absolute Gasteiger partial charge is 0.326 e. The molecule has 0 aromatic heterocycles. The number of carboxylic acids is 2. The molecule has 0 heterocycles. The largest absolute Gasteiger partial charge is 0.481 e. The minimum absolute atomic E-state index is 0.0504. The number of hydrogen-bond donors (Lipinski definition) is 5. The first-order valence-corrected chi connectivity index (χ1v) is 8.05. The quantitative estimate of drug-likeness (QED) is 0.373. The van der Waals surface area contributed by atoms with Crippen LogP contribution in [0.5, 0.6) is 0 Å². The molecule has 0 aliphatic rings. The summed E-state index contributed by atoms with van der Waals surface area (Å²) in [4.78, 5) is 46.3. The van der Waals surface area contributed by atoms with Crippen LogP contribution in [0.1, 0.15) is 25.3 Å². The van der Waals surface area contributed by atoms with Gasteiger partial charge in [-0.2, -0.15) is 0 Å². The van der Waals surface area contributed by atoms with Gasteiger partial charge in [-0.3, -0.25) is 14.4 Å². The van der Waals surface area contributed by atoms with Crippen molar-refractivity contribution < 1.29 is 29.4 Å². The minimum atomic E-state index is -1.24. The third-order valence-corrected chi connectivity index (χ3v) is 3.59. The molecule has 1 aromatic carbocycles. The summed E-state index contributed by atoms with van der Waals surface area (Å²) >= 11 is 0. The van der Waals surface area contributed by atoms with Crippen molar-refractivity contribution in [1.29, 1.82) is 0 Å². The van der Waals surface area contributed by atoms with Gasteiger partial charge in [-0.25, -0.2) is 4.79 Å². The second kappa shape index (κ2) is 10.1. The first-order chi connectivity index (χ1) is 12.2. The molecule has 0 fully saturated rings. The average Bonchev–Trinajstić information content (AvgIpc) is 2.58. The van der Waals surface area contributed by atoms with Crippen molar-refractivity contribution in [3.05, 3.63) is 35.9 Å². The first kappa shape index (κ1) is 21.1. The summed E-state index contributed by atoms with van der Waals surface area (Å²) in [5, 5.41) is 22.8. The topological polar surface area (TPSA) is 159 Å². The summed E-state index contributed by atoms with van der Waals surface area (Å²) in [6.45, 7) is 1.41. The normalized spacial score (nSPS) is 13.9. The molecule has 1 aromatic rings. The van der Waals surface area contributed by atoms with E-state index in [-0.39, 0.29) is 19.3 Å². The first-order valence-electron chi connectivity index (χ1n) is 8.05. The molecular formula is C17H23N3O6. The van der Waals surface area contributed by atoms with Crippen molar-refractivity contribution in [3.63, 3.8) is 0 Å². The van der Waals surface area contributed by atoms with E-state index in [1.807, 2.05) is 0 Å². The third kappa shape index (κ3) is 7.31. The summed E-state index contributed by atoms with van der Waals surface area (Å²) in [5.41, 5.74) is 6.15. The predicted octanol–water partition coefficient (Wildman–Crippen LogP) is -0.505. The van der Waals surface area contributed by atoms with Crippen LogP contribution >= 0.6 is 0 Å². The predicted molar refractivity (Wildman–Crippen MR) is 92.2 cm³/mol. The van der Waals surface area contributed by atoms with Crippen molar-refractivity contribution in [2.24, 2.45) is 5.73 Å². The van der Waals surface area contributed by atoms with Crippen molar-refractivity contribution >= 4 is 23.8 Å². The molecule has 0 aliphatic carbocycles. The molecule has 9 nitrogen and oxygen atoms in total. The van der Waals surface area contributed by atoms with E-state index in [9.17, 15) is 24.3 Å². The number of nitrogens with one attached hydrogen (secondary N) is 2. The van der Waals surface area contributed by atoms with Crippen LogP contribution in [0.3, 0.4) is 0 Å². The van der Waals surface area contributed by atoms with E-state index in [4.69, 9.17) is 10.8 Å². The zero-order valence-corrected chi connectivity index (χ0v) is 14.3. The number of rotatable bonds is 10. The lowest BCUT2D eigenvalue weighted by Gasteiger charge is -2.22. The zero-order valence-electron chi connectivity index (χ0n) is 14.3. The van der Waals surface area contributed by atoms with Crippen LogP contribution in [0.4, 0.5) is 0 Å². The Bertz CT molecular complexity index is 647. The molecule has 9 heteroatoms. The number of hydrogen-bond acceptors (Lipinski definition) is 5. The highest BCUT2D eigenvalue weighted by Crippen LogP contribution is 2.05. The Hall–Kier alpha value is -2.94. The maximum absolute atomic E-state index is 12.4. The lowest BCUT2D eigenvalue weighted by Crippen LogP contribution is -2.54. The van der Waals surface area contributed by atoms with E-state index in [0.29, 0.717) is 5.56 Å². The summed E-state index contributed by atoms with van der Waals surface area (Å²) in [6, 6.07) is 5.41. The number of carboxylic acid groups (broad SMARTS) is 2. The Morgan fingerprint density at radius 2 is 1.58 bits per heavy atom. The SMILES string of the molecule is C[C@H](N)C(=O)N[C@@H](CCC(=O)O)C(=O)N[C@@H](Cc1ccccc1)C(=O)O. The summed E-state index contributed by atoms with van der Waals surface area (Å²) < 4.78 is 0. The maximum atomic E-state index is 12.4. The zero-order chi connectivity index (χ0) is 19.7. The highest BCUT2D eigenvalue weighted by atomic mass is 16.4. The summed E-state index contributed by atoms with van der Waals surface area (Å²) in [7, 11) is 0. The van der Waals surface area contributed by atoms with Gasteiger partial charge in [-0.15, -0.1) is 0 Å². The molecule has 1 rings (SSSR count). The van der Waals surface area contributed by atoms with E-state index >= 15 is 0 Å². The molecule has 0 radical (unpaired) electrons. The van der Waals surface area contributed by atoms with Crippen molar-refractivity contribution in [1.82, 2.24) is 10.6 Å². The highest BCUT2D eigenvalue weighted by molar-refractivity contribution is 5.92. The Kier molecular flexibility index (Phi) is 8.23. The van der Waals surface area contributed by atoms with Gasteiger partial charge in [0.15, 0.2) is 0 Å². The second-order valence-electron chi connectivity index (χ2n) is 5.87. The van der Waals surface area contributed by atoms with Gasteiger partial charge in [0.2, 0.25) is 11.8 Å². The van der Waals surface area contributed by atoms with E-state index in [2.05, 4.69) is 10.6 Å². The fourth-order valence-electron chi connectivity index (χ4n) is 2.16. The van der Waals surface area contributed by atoms with Crippen LogP contribution in [-0.2, 0) is 25.6 Å². The fourth-order valence-corrected chi connectivity index (χ4v) is 2.16. The molecule has 0 saturated carbocycles. The molecule has 3 atom stereocenters. The van der Waals surface area contributed by atoms with Gasteiger partial charge in [-0.1, -0.05) is 30.3 Å². The Morgan fingerprint density at radius 1 is 1.00 bits per heavy atom. The molecule has 0 spiro atoms. The van der Waals surface area contributed by atoms with E-state index in [1.54, 1.807) is 30.3 Å². The van der Waals surface area contributed by atoms with Crippen LogP contribution in [0, 0.1) is 0 Å². The van der Waals surface area contributed by atoms with Gasteiger partial charge in [0.05, 0.1) is 6.04 Å². The second-order valence-corrected chi connectivity index (χ2v) is 5.87. The number of amides is 2. The van der Waals surface area contributed by atoms with Crippen LogP contribution in [0.25, 0.3) is 0 Å². The molecule has 26 heavy (non-hydrogen) atoms. The molecule has 2 amide bonds. The van der Waals surface area contributed by atoms with Crippen LogP contribution in [-0.4, -0.2) is 52.1 Å². The van der Waals surface area contributed by atoms with Gasteiger partial charge >= 0.3 is 11.9 Å². The van der Waals surface area contributed by atoms with Crippen molar-refractivity contribution in [2.45, 2.75) is 44.3 Å². The molecule has 0 aliphatic heterocycles. The Labute approximate surface area is 150 Å². The van der Waals surface area contributed by atoms with E-state index in [0.717, 1.165) is 0 Å². The van der Waals surface area contributed by atoms with Crippen molar-refractivity contribution in [3.8, 4) is 0 Å². The Morgan fingerprint density at radius 3 is 2.08 bits per heavy atom. The Balaban J connectivity index is 2.83. The molecular weight excluding hydrogens is 342 g/mol. The molecule has 0 unspecified atom stereocenters. The molecule has 142 valence electrons. The molecule has 0 bridgehead atoms. The van der Waals surface area contributed by atoms with E-state index < -0.39 is 41.9 Å². The van der Waals surface area contributed by atoms with Crippen molar-refractivity contribution in [2.75, 3.05) is 0 Å². The van der Waals surface area contributed by atoms with Gasteiger partial charge in [-0.05, 0) is 18.9 Å². The highest BCUT2D eigenvalue weighted by Gasteiger charge is 2.27. The molecule has 0 saturated heterocycles. The number of nitrogens with two attached hydrogens (primary N) is 1. The number of carbonyl (C=O) groups is 4. The standard InChI is InChI=1S/C17H23N3O6/c1-10(18)15(23)19-12(7-8-14(21)22)16(24)20-13(17(25)26)9-11-5-3-2-4-6-11/h2-6,10,12-13H,7-9,18H2,1H3,(H,19,23)(H,20,24)(H,21,22)(H,25,26)/t10-,12-,13-/m0/s1. The monoisotopic (exact) mass is 365 g/mol. The lowest BCUT2D eigenvalue weighted by atomic mass is 10.0. The van der Waals surface area contributed by atoms with Gasteiger partial charge in [0.1, 0.15) is 12.1 Å². The van der Waals surface area contributed by atoms with Crippen LogP contribution in [0.2, 0.25) is 0 Å². The number of carbonyl (C=O) groups excluding carboxylic acids is 2. The maximum Gasteiger partial charge on any atom is 0.326 e. The lowest BCUT2D eigenvalue weighted by molar-refractivity contribution is -0.143. The average molecular weight is 365 g/mol. The minimum Gasteiger partial charge on any atom is -0.481 e. The number of benzene rings is 1. The third-order valence-electron chi connectivity index (χ3n) is 3.59. The fraction of sp³-hybridized carbons (Fsp3) is 0.412. The van der Waals surface area contributed by atoms with Gasteiger partial charge in [0, 0.05) is 12.8 Å². The molecule has 6 N–H and O–H groups in total. The van der Waals surface area contributed by atoms with Gasteiger partial charge < -0.3 is 26.6 Å². The number of aliphatic carboxylic acids is 2. The van der Waals surface area contributed by atoms with Gasteiger partial charge in [0.25, 0.3) is 0 Å². The van der Waals surface area contributed by atoms with E-state index in [1.165, 1.54) is 6.92 Å².